The molecule has 2 heteroatoms. The van der Waals surface area contributed by atoms with E-state index < -0.39 is 0 Å². The molecule has 1 fully saturated rings. The van der Waals surface area contributed by atoms with Gasteiger partial charge in [0.2, 0.25) is 0 Å². The lowest BCUT2D eigenvalue weighted by Crippen LogP contribution is -2.32. The van der Waals surface area contributed by atoms with Crippen LogP contribution in [0.5, 0.6) is 0 Å². The first-order valence-corrected chi connectivity index (χ1v) is 22.0. The van der Waals surface area contributed by atoms with E-state index in [0.29, 0.717) is 0 Å². The molecular weight excluding hydrogens is 585 g/mol. The lowest BCUT2D eigenvalue weighted by Gasteiger charge is -2.28. The Bertz CT molecular complexity index is 762. The maximum Gasteiger partial charge on any atom is 0.321 e. The molecule has 0 aromatic rings. The second-order valence-corrected chi connectivity index (χ2v) is 15.2. The Morgan fingerprint density at radius 2 is 0.688 bits per heavy atom. The highest BCUT2D eigenvalue weighted by molar-refractivity contribution is 5.82. The maximum atomic E-state index is 12.0. The molecule has 280 valence electrons. The third kappa shape index (κ3) is 29.6. The average Bonchev–Trinajstić information content (AvgIpc) is 3.09. The summed E-state index contributed by atoms with van der Waals surface area (Å²) < 4.78 is 5.40. The van der Waals surface area contributed by atoms with Crippen molar-refractivity contribution >= 4 is 5.97 Å². The van der Waals surface area contributed by atoms with Crippen molar-refractivity contribution in [3.8, 4) is 0 Å². The normalized spacial score (nSPS) is 15.7. The summed E-state index contributed by atoms with van der Waals surface area (Å²) in [5.41, 5.74) is 0. The standard InChI is InChI=1S/C46H84O2/c1-3-5-7-9-11-13-15-17-19-21-23-25-27-29-31-33-35-37-39-41-43-45-44(46(47)48-45)42-40-38-36-34-32-30-28-26-24-22-20-18-16-14-12-10-8-6-4-2/h11-14,43-44H,3-10,15-42H2,1-2H3/b13-11+,14-12+,45-43+. The SMILES string of the molecule is CCCCC/C=C/CCCCCCCCCCCCCC/C=C1/OC(=O)C1CCCCCCCCCCCCCC/C=C/CCCCC. The van der Waals surface area contributed by atoms with Crippen LogP contribution in [0.2, 0.25) is 0 Å². The molecule has 1 unspecified atom stereocenters. The van der Waals surface area contributed by atoms with Crippen molar-refractivity contribution in [3.63, 3.8) is 0 Å². The van der Waals surface area contributed by atoms with Gasteiger partial charge in [0.05, 0.1) is 0 Å². The number of carbonyl (C=O) groups is 1. The Morgan fingerprint density at radius 1 is 0.396 bits per heavy atom. The zero-order chi connectivity index (χ0) is 34.4. The Kier molecular flexibility index (Phi) is 34.4. The highest BCUT2D eigenvalue weighted by atomic mass is 16.6. The molecule has 1 saturated heterocycles. The lowest BCUT2D eigenvalue weighted by molar-refractivity contribution is -0.157. The van der Waals surface area contributed by atoms with Gasteiger partial charge in [0.25, 0.3) is 0 Å². The second kappa shape index (κ2) is 37.0. The van der Waals surface area contributed by atoms with Crippen molar-refractivity contribution < 1.29 is 9.53 Å². The number of unbranched alkanes of at least 4 members (excludes halogenated alkanes) is 31. The summed E-state index contributed by atoms with van der Waals surface area (Å²) in [5.74, 6) is 1.08. The highest BCUT2D eigenvalue weighted by Gasteiger charge is 2.36. The zero-order valence-corrected chi connectivity index (χ0v) is 32.7. The van der Waals surface area contributed by atoms with E-state index in [-0.39, 0.29) is 11.9 Å². The van der Waals surface area contributed by atoms with Crippen LogP contribution in [0, 0.1) is 5.92 Å². The van der Waals surface area contributed by atoms with E-state index in [2.05, 4.69) is 44.2 Å². The van der Waals surface area contributed by atoms with Gasteiger partial charge in [-0.05, 0) is 76.7 Å². The number of hydrogen-bond acceptors (Lipinski definition) is 2. The van der Waals surface area contributed by atoms with Crippen molar-refractivity contribution in [2.24, 2.45) is 5.92 Å². The molecule has 0 radical (unpaired) electrons. The van der Waals surface area contributed by atoms with Gasteiger partial charge < -0.3 is 4.74 Å². The zero-order valence-electron chi connectivity index (χ0n) is 32.7. The van der Waals surface area contributed by atoms with Gasteiger partial charge in [0, 0.05) is 0 Å². The molecule has 0 aromatic heterocycles. The van der Waals surface area contributed by atoms with E-state index in [4.69, 9.17) is 4.74 Å². The fourth-order valence-corrected chi connectivity index (χ4v) is 7.05. The number of rotatable bonds is 38. The molecule has 2 nitrogen and oxygen atoms in total. The first-order valence-electron chi connectivity index (χ1n) is 22.0. The van der Waals surface area contributed by atoms with Crippen LogP contribution in [0.1, 0.15) is 245 Å². The van der Waals surface area contributed by atoms with Crippen LogP contribution < -0.4 is 0 Å². The molecule has 0 aromatic carbocycles. The Hall–Kier alpha value is -1.31. The molecule has 0 saturated carbocycles. The highest BCUT2D eigenvalue weighted by Crippen LogP contribution is 2.32. The van der Waals surface area contributed by atoms with Crippen molar-refractivity contribution in [2.45, 2.75) is 245 Å². The van der Waals surface area contributed by atoms with E-state index in [9.17, 15) is 4.79 Å². The molecule has 0 spiro atoms. The molecular formula is C46H84O2. The van der Waals surface area contributed by atoms with E-state index in [1.807, 2.05) is 0 Å². The van der Waals surface area contributed by atoms with Crippen molar-refractivity contribution in [1.29, 1.82) is 0 Å². The Morgan fingerprint density at radius 3 is 1.02 bits per heavy atom. The molecule has 0 bridgehead atoms. The minimum Gasteiger partial charge on any atom is -0.430 e. The fraction of sp³-hybridized carbons (Fsp3) is 0.848. The Labute approximate surface area is 301 Å². The molecule has 48 heavy (non-hydrogen) atoms. The third-order valence-corrected chi connectivity index (χ3v) is 10.4. The molecule has 1 aliphatic heterocycles. The van der Waals surface area contributed by atoms with Crippen LogP contribution in [0.4, 0.5) is 0 Å². The van der Waals surface area contributed by atoms with Gasteiger partial charge in [-0.1, -0.05) is 199 Å². The fourth-order valence-electron chi connectivity index (χ4n) is 7.05. The smallest absolute Gasteiger partial charge is 0.321 e. The first-order chi connectivity index (χ1) is 23.8. The van der Waals surface area contributed by atoms with Crippen LogP contribution in [-0.2, 0) is 9.53 Å². The summed E-state index contributed by atoms with van der Waals surface area (Å²) in [6.45, 7) is 4.55. The lowest BCUT2D eigenvalue weighted by atomic mass is 9.93. The molecule has 0 N–H and O–H groups in total. The minimum absolute atomic E-state index is 0.0189. The average molecular weight is 669 g/mol. The van der Waals surface area contributed by atoms with Crippen molar-refractivity contribution in [2.75, 3.05) is 0 Å². The van der Waals surface area contributed by atoms with Gasteiger partial charge in [0.15, 0.2) is 0 Å². The Balaban J connectivity index is 1.81. The summed E-state index contributed by atoms with van der Waals surface area (Å²) in [6, 6.07) is 0. The van der Waals surface area contributed by atoms with Gasteiger partial charge in [-0.15, -0.1) is 0 Å². The largest absolute Gasteiger partial charge is 0.430 e. The van der Waals surface area contributed by atoms with Crippen LogP contribution >= 0.6 is 0 Å². The molecule has 0 aliphatic carbocycles. The number of cyclic esters (lactones) is 1. The van der Waals surface area contributed by atoms with Crippen LogP contribution in [0.25, 0.3) is 0 Å². The van der Waals surface area contributed by atoms with Gasteiger partial charge in [0.1, 0.15) is 11.7 Å². The van der Waals surface area contributed by atoms with Crippen LogP contribution in [0.15, 0.2) is 36.1 Å². The number of ether oxygens (including phenoxy) is 1. The van der Waals surface area contributed by atoms with E-state index in [1.165, 1.54) is 218 Å². The maximum absolute atomic E-state index is 12.0. The molecule has 0 amide bonds. The topological polar surface area (TPSA) is 26.3 Å². The van der Waals surface area contributed by atoms with Gasteiger partial charge >= 0.3 is 5.97 Å². The summed E-state index contributed by atoms with van der Waals surface area (Å²) >= 11 is 0. The van der Waals surface area contributed by atoms with Crippen LogP contribution in [-0.4, -0.2) is 5.97 Å². The minimum atomic E-state index is 0.0189. The van der Waals surface area contributed by atoms with E-state index >= 15 is 0 Å². The summed E-state index contributed by atoms with van der Waals surface area (Å²) in [7, 11) is 0. The van der Waals surface area contributed by atoms with Crippen molar-refractivity contribution in [1.82, 2.24) is 0 Å². The number of hydrogen-bond donors (Lipinski definition) is 0. The van der Waals surface area contributed by atoms with Gasteiger partial charge in [-0.2, -0.15) is 0 Å². The third-order valence-electron chi connectivity index (χ3n) is 10.4. The number of allylic oxidation sites excluding steroid dienone is 5. The predicted molar refractivity (Wildman–Crippen MR) is 214 cm³/mol. The van der Waals surface area contributed by atoms with E-state index in [1.54, 1.807) is 0 Å². The van der Waals surface area contributed by atoms with E-state index in [0.717, 1.165) is 18.6 Å². The summed E-state index contributed by atoms with van der Waals surface area (Å²) in [5, 5.41) is 0. The predicted octanol–water partition coefficient (Wildman–Crippen LogP) is 16.2. The molecule has 1 atom stereocenters. The van der Waals surface area contributed by atoms with Crippen molar-refractivity contribution in [3.05, 3.63) is 36.1 Å². The monoisotopic (exact) mass is 669 g/mol. The molecule has 1 aliphatic rings. The second-order valence-electron chi connectivity index (χ2n) is 15.2. The summed E-state index contributed by atoms with van der Waals surface area (Å²) in [4.78, 5) is 12.0. The first kappa shape index (κ1) is 44.7. The van der Waals surface area contributed by atoms with Gasteiger partial charge in [-0.3, -0.25) is 4.79 Å². The molecule has 1 heterocycles. The molecule has 1 rings (SSSR count). The number of carbonyl (C=O) groups excluding carboxylic acids is 1. The van der Waals surface area contributed by atoms with Gasteiger partial charge in [-0.25, -0.2) is 0 Å². The van der Waals surface area contributed by atoms with Crippen LogP contribution in [0.3, 0.4) is 0 Å². The number of esters is 1. The summed E-state index contributed by atoms with van der Waals surface area (Å²) in [6.07, 6.45) is 60.1. The quantitative estimate of drug-likeness (QED) is 0.0372.